The molecule has 27 heavy (non-hydrogen) atoms. The molecule has 0 fully saturated rings. The van der Waals surface area contributed by atoms with Crippen molar-refractivity contribution in [2.45, 2.75) is 26.8 Å². The number of amides is 1. The monoisotopic (exact) mass is 366 g/mol. The average Bonchev–Trinajstić information content (AvgIpc) is 2.64. The minimum absolute atomic E-state index is 0.382. The van der Waals surface area contributed by atoms with Gasteiger partial charge >= 0.3 is 5.69 Å². The van der Waals surface area contributed by atoms with Crippen LogP contribution in [0.4, 0.5) is 10.1 Å². The van der Waals surface area contributed by atoms with Gasteiger partial charge in [0.1, 0.15) is 11.9 Å². The molecule has 1 N–H and O–H groups in total. The maximum absolute atomic E-state index is 13.2. The molecule has 6 nitrogen and oxygen atoms in total. The van der Waals surface area contributed by atoms with E-state index in [9.17, 15) is 14.0 Å². The predicted octanol–water partition coefficient (Wildman–Crippen LogP) is 3.26. The lowest BCUT2D eigenvalue weighted by Gasteiger charge is -2.15. The van der Waals surface area contributed by atoms with E-state index in [1.54, 1.807) is 13.8 Å². The van der Waals surface area contributed by atoms with Crippen molar-refractivity contribution >= 4 is 11.6 Å². The van der Waals surface area contributed by atoms with Gasteiger partial charge < -0.3 is 5.32 Å². The molecule has 3 aromatic rings. The number of nitrogens with zero attached hydrogens (tertiary/aromatic N) is 3. The maximum Gasteiger partial charge on any atom is 0.365 e. The highest BCUT2D eigenvalue weighted by atomic mass is 19.1. The predicted molar refractivity (Wildman–Crippen MR) is 101 cm³/mol. The molecule has 138 valence electrons. The van der Waals surface area contributed by atoms with E-state index in [1.165, 1.54) is 24.4 Å². The van der Waals surface area contributed by atoms with Crippen LogP contribution in [0.5, 0.6) is 0 Å². The van der Waals surface area contributed by atoms with Gasteiger partial charge in [-0.3, -0.25) is 4.79 Å². The van der Waals surface area contributed by atoms with Crippen LogP contribution >= 0.6 is 0 Å². The van der Waals surface area contributed by atoms with Crippen molar-refractivity contribution in [1.82, 2.24) is 14.8 Å². The first kappa shape index (κ1) is 18.4. The van der Waals surface area contributed by atoms with Crippen molar-refractivity contribution in [3.63, 3.8) is 0 Å². The zero-order valence-corrected chi connectivity index (χ0v) is 15.2. The molecule has 1 amide bonds. The van der Waals surface area contributed by atoms with Crippen molar-refractivity contribution in [2.75, 3.05) is 5.32 Å². The van der Waals surface area contributed by atoms with E-state index in [2.05, 4.69) is 15.4 Å². The Balaban J connectivity index is 1.81. The normalized spacial score (nSPS) is 11.9. The molecule has 0 aliphatic carbocycles. The summed E-state index contributed by atoms with van der Waals surface area (Å²) >= 11 is 0. The first-order valence-corrected chi connectivity index (χ1v) is 8.45. The van der Waals surface area contributed by atoms with Crippen LogP contribution in [0.3, 0.4) is 0 Å². The first-order chi connectivity index (χ1) is 12.8. The van der Waals surface area contributed by atoms with E-state index < -0.39 is 17.6 Å². The molecule has 0 unspecified atom stereocenters. The molecule has 0 aliphatic heterocycles. The summed E-state index contributed by atoms with van der Waals surface area (Å²) < 4.78 is 14.2. The second kappa shape index (κ2) is 7.49. The van der Waals surface area contributed by atoms with Crippen LogP contribution in [0.25, 0.3) is 11.3 Å². The van der Waals surface area contributed by atoms with Crippen molar-refractivity contribution in [2.24, 2.45) is 0 Å². The first-order valence-electron chi connectivity index (χ1n) is 8.45. The second-order valence-corrected chi connectivity index (χ2v) is 6.36. The molecule has 7 heteroatoms. The van der Waals surface area contributed by atoms with Crippen LogP contribution in [0.15, 0.2) is 53.5 Å². The van der Waals surface area contributed by atoms with Crippen molar-refractivity contribution in [1.29, 1.82) is 0 Å². The Hall–Kier alpha value is -3.35. The quantitative estimate of drug-likeness (QED) is 0.769. The number of halogens is 1. The van der Waals surface area contributed by atoms with Crippen LogP contribution in [0.2, 0.25) is 0 Å². The van der Waals surface area contributed by atoms with E-state index in [1.807, 2.05) is 31.2 Å². The topological polar surface area (TPSA) is 76.9 Å². The van der Waals surface area contributed by atoms with E-state index >= 15 is 0 Å². The third kappa shape index (κ3) is 4.08. The zero-order chi connectivity index (χ0) is 19.6. The highest BCUT2D eigenvalue weighted by Gasteiger charge is 2.19. The van der Waals surface area contributed by atoms with Crippen LogP contribution in [-0.4, -0.2) is 20.7 Å². The summed E-state index contributed by atoms with van der Waals surface area (Å²) in [6.07, 6.45) is 1.46. The van der Waals surface area contributed by atoms with Crippen molar-refractivity contribution < 1.29 is 9.18 Å². The lowest BCUT2D eigenvalue weighted by atomic mass is 10.1. The molecule has 2 aromatic carbocycles. The molecule has 3 rings (SSSR count). The van der Waals surface area contributed by atoms with Crippen molar-refractivity contribution in [3.8, 4) is 11.3 Å². The van der Waals surface area contributed by atoms with Crippen LogP contribution in [0, 0.1) is 19.7 Å². The summed E-state index contributed by atoms with van der Waals surface area (Å²) in [5.74, 6) is -0.823. The van der Waals surface area contributed by atoms with E-state index in [-0.39, 0.29) is 5.82 Å². The minimum Gasteiger partial charge on any atom is -0.324 e. The van der Waals surface area contributed by atoms with Crippen LogP contribution < -0.4 is 11.0 Å². The minimum atomic E-state index is -0.874. The lowest BCUT2D eigenvalue weighted by Crippen LogP contribution is -2.35. The number of nitrogens with one attached hydrogen (secondary N) is 1. The van der Waals surface area contributed by atoms with Gasteiger partial charge in [0, 0.05) is 11.3 Å². The summed E-state index contributed by atoms with van der Waals surface area (Å²) in [5.41, 5.74) is 2.76. The third-order valence-corrected chi connectivity index (χ3v) is 4.26. The Morgan fingerprint density at radius 2 is 1.85 bits per heavy atom. The zero-order valence-electron chi connectivity index (χ0n) is 15.2. The number of aromatic nitrogens is 3. The molecule has 0 bridgehead atoms. The molecule has 0 saturated carbocycles. The Morgan fingerprint density at radius 1 is 1.15 bits per heavy atom. The SMILES string of the molecule is Cc1ccc(-c2cnn([C@@H](C)C(=O)Nc3ccc(F)cc3C)c(=O)n2)cc1. The second-order valence-electron chi connectivity index (χ2n) is 6.36. The Kier molecular flexibility index (Phi) is 5.12. The Labute approximate surface area is 155 Å². The fraction of sp³-hybridized carbons (Fsp3) is 0.200. The lowest BCUT2D eigenvalue weighted by molar-refractivity contribution is -0.119. The smallest absolute Gasteiger partial charge is 0.324 e. The Bertz CT molecular complexity index is 1040. The van der Waals surface area contributed by atoms with Gasteiger partial charge in [0.15, 0.2) is 0 Å². The van der Waals surface area contributed by atoms with E-state index in [0.717, 1.165) is 15.8 Å². The van der Waals surface area contributed by atoms with E-state index in [4.69, 9.17) is 0 Å². The molecular weight excluding hydrogens is 347 g/mol. The number of carbonyl (C=O) groups is 1. The molecule has 1 atom stereocenters. The number of aryl methyl sites for hydroxylation is 2. The summed E-state index contributed by atoms with van der Waals surface area (Å²) in [6.45, 7) is 5.21. The fourth-order valence-corrected chi connectivity index (χ4v) is 2.59. The molecule has 1 heterocycles. The molecule has 0 saturated heterocycles. The number of rotatable bonds is 4. The number of benzene rings is 2. The molecule has 0 aliphatic rings. The number of hydrogen-bond acceptors (Lipinski definition) is 4. The van der Waals surface area contributed by atoms with Gasteiger partial charge in [0.2, 0.25) is 5.91 Å². The highest BCUT2D eigenvalue weighted by Crippen LogP contribution is 2.18. The van der Waals surface area contributed by atoms with Gasteiger partial charge in [-0.25, -0.2) is 13.9 Å². The summed E-state index contributed by atoms with van der Waals surface area (Å²) in [6, 6.07) is 10.7. The van der Waals surface area contributed by atoms with E-state index in [0.29, 0.717) is 16.9 Å². The standard InChI is InChI=1S/C20H19FN4O2/c1-12-4-6-15(7-5-12)18-11-22-25(20(27)24-18)14(3)19(26)23-17-9-8-16(21)10-13(17)2/h4-11,14H,1-3H3,(H,23,26)/t14-/m0/s1. The fourth-order valence-electron chi connectivity index (χ4n) is 2.59. The summed E-state index contributed by atoms with van der Waals surface area (Å²) in [5, 5.41) is 6.78. The van der Waals surface area contributed by atoms with Gasteiger partial charge in [-0.15, -0.1) is 0 Å². The number of carbonyl (C=O) groups excluding carboxylic acids is 1. The third-order valence-electron chi connectivity index (χ3n) is 4.26. The molecule has 1 aromatic heterocycles. The number of hydrogen-bond donors (Lipinski definition) is 1. The summed E-state index contributed by atoms with van der Waals surface area (Å²) in [7, 11) is 0. The molecule has 0 spiro atoms. The van der Waals surface area contributed by atoms with Crippen molar-refractivity contribution in [3.05, 3.63) is 76.1 Å². The molecular formula is C20H19FN4O2. The summed E-state index contributed by atoms with van der Waals surface area (Å²) in [4.78, 5) is 28.8. The molecule has 0 radical (unpaired) electrons. The average molecular weight is 366 g/mol. The highest BCUT2D eigenvalue weighted by molar-refractivity contribution is 5.94. The van der Waals surface area contributed by atoms with Crippen LogP contribution in [-0.2, 0) is 4.79 Å². The number of anilines is 1. The van der Waals surface area contributed by atoms with Gasteiger partial charge in [0.25, 0.3) is 0 Å². The van der Waals surface area contributed by atoms with Gasteiger partial charge in [0.05, 0.1) is 11.9 Å². The maximum atomic E-state index is 13.2. The Morgan fingerprint density at radius 3 is 2.48 bits per heavy atom. The van der Waals surface area contributed by atoms with Crippen LogP contribution in [0.1, 0.15) is 24.1 Å². The van der Waals surface area contributed by atoms with Gasteiger partial charge in [-0.1, -0.05) is 29.8 Å². The largest absolute Gasteiger partial charge is 0.365 e. The van der Waals surface area contributed by atoms with Gasteiger partial charge in [-0.2, -0.15) is 10.1 Å². The van der Waals surface area contributed by atoms with Gasteiger partial charge in [-0.05, 0) is 44.5 Å².